The molecule has 2 N–H and O–H groups in total. The average molecular weight is 382 g/mol. The molecule has 0 saturated carbocycles. The number of benzene rings is 2. The number of rotatable bonds is 8. The van der Waals surface area contributed by atoms with Crippen molar-refractivity contribution in [1.82, 2.24) is 19.7 Å². The van der Waals surface area contributed by atoms with Crippen LogP contribution in [0.3, 0.4) is 0 Å². The molecule has 0 aliphatic heterocycles. The zero-order chi connectivity index (χ0) is 20.1. The Morgan fingerprint density at radius 2 is 1.86 bits per heavy atom. The molecule has 0 amide bonds. The van der Waals surface area contributed by atoms with E-state index in [-0.39, 0.29) is 13.2 Å². The van der Waals surface area contributed by atoms with Gasteiger partial charge in [-0.25, -0.2) is 9.67 Å². The molecule has 148 valence electrons. The zero-order valence-electron chi connectivity index (χ0n) is 16.4. The fourth-order valence-electron chi connectivity index (χ4n) is 2.98. The van der Waals surface area contributed by atoms with Crippen LogP contribution < -0.4 is 4.74 Å². The van der Waals surface area contributed by atoms with Crippen molar-refractivity contribution in [1.29, 1.82) is 0 Å². The van der Waals surface area contributed by atoms with Crippen molar-refractivity contribution in [3.8, 4) is 28.5 Å². The first-order valence-electron chi connectivity index (χ1n) is 9.12. The molecule has 0 bridgehead atoms. The van der Waals surface area contributed by atoms with Gasteiger partial charge in [0.2, 0.25) is 0 Å². The summed E-state index contributed by atoms with van der Waals surface area (Å²) in [5.74, 6) is 1.97. The Morgan fingerprint density at radius 1 is 1.11 bits per heavy atom. The lowest BCUT2D eigenvalue weighted by Gasteiger charge is -2.12. The summed E-state index contributed by atoms with van der Waals surface area (Å²) in [4.78, 5) is 6.82. The van der Waals surface area contributed by atoms with Crippen LogP contribution in [0.15, 0.2) is 48.5 Å². The second kappa shape index (κ2) is 8.97. The van der Waals surface area contributed by atoms with Gasteiger partial charge in [-0.2, -0.15) is 5.10 Å². The standard InChI is InChI=1S/C21H26N4O3/c1-24(2)12-15-5-4-6-17(11-15)21-22-20(23-25(21)13-18(27)14-26)16-7-9-19(28-3)10-8-16/h4-11,18,26-27H,12-14H2,1-3H3. The molecule has 0 radical (unpaired) electrons. The normalized spacial score (nSPS) is 12.4. The maximum absolute atomic E-state index is 9.94. The topological polar surface area (TPSA) is 83.6 Å². The Morgan fingerprint density at radius 3 is 2.50 bits per heavy atom. The highest BCUT2D eigenvalue weighted by Gasteiger charge is 2.16. The molecule has 1 unspecified atom stereocenters. The van der Waals surface area contributed by atoms with Crippen molar-refractivity contribution in [3.05, 3.63) is 54.1 Å². The van der Waals surface area contributed by atoms with Crippen LogP contribution in [-0.4, -0.2) is 63.8 Å². The predicted molar refractivity (Wildman–Crippen MR) is 108 cm³/mol. The minimum absolute atomic E-state index is 0.160. The van der Waals surface area contributed by atoms with E-state index in [0.29, 0.717) is 11.6 Å². The minimum Gasteiger partial charge on any atom is -0.497 e. The van der Waals surface area contributed by atoms with Crippen LogP contribution in [0.1, 0.15) is 5.56 Å². The van der Waals surface area contributed by atoms with E-state index in [1.54, 1.807) is 11.8 Å². The minimum atomic E-state index is -0.908. The van der Waals surface area contributed by atoms with Gasteiger partial charge in [-0.05, 0) is 50.0 Å². The van der Waals surface area contributed by atoms with E-state index < -0.39 is 6.10 Å². The summed E-state index contributed by atoms with van der Waals surface area (Å²) in [5, 5.41) is 23.8. The van der Waals surface area contributed by atoms with Gasteiger partial charge in [-0.3, -0.25) is 0 Å². The summed E-state index contributed by atoms with van der Waals surface area (Å²) >= 11 is 0. The molecule has 2 aromatic carbocycles. The molecule has 1 heterocycles. The number of ether oxygens (including phenoxy) is 1. The van der Waals surface area contributed by atoms with Gasteiger partial charge in [-0.15, -0.1) is 0 Å². The lowest BCUT2D eigenvalue weighted by atomic mass is 10.1. The SMILES string of the molecule is COc1ccc(-c2nc(-c3cccc(CN(C)C)c3)n(CC(O)CO)n2)cc1. The van der Waals surface area contributed by atoms with Crippen LogP contribution >= 0.6 is 0 Å². The molecule has 0 spiro atoms. The van der Waals surface area contributed by atoms with Crippen LogP contribution in [0.25, 0.3) is 22.8 Å². The Hall–Kier alpha value is -2.74. The Balaban J connectivity index is 2.01. The molecule has 3 rings (SSSR count). The van der Waals surface area contributed by atoms with Gasteiger partial charge in [0.1, 0.15) is 5.75 Å². The van der Waals surface area contributed by atoms with Crippen molar-refractivity contribution in [3.63, 3.8) is 0 Å². The quantitative estimate of drug-likeness (QED) is 0.620. The third kappa shape index (κ3) is 4.75. The number of methoxy groups -OCH3 is 1. The van der Waals surface area contributed by atoms with Gasteiger partial charge < -0.3 is 19.8 Å². The van der Waals surface area contributed by atoms with Gasteiger partial charge in [0.15, 0.2) is 11.6 Å². The van der Waals surface area contributed by atoms with E-state index in [1.807, 2.05) is 50.5 Å². The molecular formula is C21H26N4O3. The Kier molecular flexibility index (Phi) is 6.41. The summed E-state index contributed by atoms with van der Waals surface area (Å²) in [6.07, 6.45) is -0.908. The van der Waals surface area contributed by atoms with E-state index in [4.69, 9.17) is 9.72 Å². The van der Waals surface area contributed by atoms with E-state index in [2.05, 4.69) is 22.1 Å². The third-order valence-corrected chi connectivity index (χ3v) is 4.30. The number of hydrogen-bond acceptors (Lipinski definition) is 6. The molecule has 1 aromatic heterocycles. The van der Waals surface area contributed by atoms with Gasteiger partial charge in [-0.1, -0.05) is 18.2 Å². The van der Waals surface area contributed by atoms with Crippen molar-refractivity contribution >= 4 is 0 Å². The van der Waals surface area contributed by atoms with Crippen molar-refractivity contribution in [2.45, 2.75) is 19.2 Å². The van der Waals surface area contributed by atoms with Crippen molar-refractivity contribution in [2.75, 3.05) is 27.8 Å². The number of aromatic nitrogens is 3. The molecule has 7 heteroatoms. The molecule has 0 aliphatic carbocycles. The van der Waals surface area contributed by atoms with E-state index in [9.17, 15) is 10.2 Å². The average Bonchev–Trinajstić information content (AvgIpc) is 3.11. The number of hydrogen-bond donors (Lipinski definition) is 2. The fourth-order valence-corrected chi connectivity index (χ4v) is 2.98. The molecule has 0 aliphatic rings. The van der Waals surface area contributed by atoms with Crippen molar-refractivity contribution < 1.29 is 14.9 Å². The highest BCUT2D eigenvalue weighted by Crippen LogP contribution is 2.25. The molecule has 7 nitrogen and oxygen atoms in total. The molecule has 1 atom stereocenters. The molecule has 3 aromatic rings. The van der Waals surface area contributed by atoms with Gasteiger partial charge >= 0.3 is 0 Å². The highest BCUT2D eigenvalue weighted by molar-refractivity contribution is 5.62. The van der Waals surface area contributed by atoms with Crippen LogP contribution in [0, 0.1) is 0 Å². The van der Waals surface area contributed by atoms with Crippen LogP contribution in [0.2, 0.25) is 0 Å². The predicted octanol–water partition coefficient (Wildman–Crippen LogP) is 2.04. The van der Waals surface area contributed by atoms with Crippen LogP contribution in [0.5, 0.6) is 5.75 Å². The van der Waals surface area contributed by atoms with E-state index in [1.165, 1.54) is 0 Å². The van der Waals surface area contributed by atoms with E-state index in [0.717, 1.165) is 29.0 Å². The second-order valence-electron chi connectivity index (χ2n) is 6.94. The first-order valence-corrected chi connectivity index (χ1v) is 9.12. The lowest BCUT2D eigenvalue weighted by Crippen LogP contribution is -2.21. The highest BCUT2D eigenvalue weighted by atomic mass is 16.5. The fraction of sp³-hybridized carbons (Fsp3) is 0.333. The monoisotopic (exact) mass is 382 g/mol. The Bertz CT molecular complexity index is 906. The lowest BCUT2D eigenvalue weighted by molar-refractivity contribution is 0.0786. The molecule has 0 fully saturated rings. The summed E-state index contributed by atoms with van der Waals surface area (Å²) in [6.45, 7) is 0.636. The third-order valence-electron chi connectivity index (χ3n) is 4.30. The Labute approximate surface area is 164 Å². The first kappa shape index (κ1) is 20.0. The van der Waals surface area contributed by atoms with Crippen LogP contribution in [-0.2, 0) is 13.1 Å². The summed E-state index contributed by atoms with van der Waals surface area (Å²) in [7, 11) is 5.67. The summed E-state index contributed by atoms with van der Waals surface area (Å²) in [5.41, 5.74) is 2.92. The second-order valence-corrected chi connectivity index (χ2v) is 6.94. The van der Waals surface area contributed by atoms with Gasteiger partial charge in [0.25, 0.3) is 0 Å². The maximum Gasteiger partial charge on any atom is 0.181 e. The number of aliphatic hydroxyl groups is 2. The first-order chi connectivity index (χ1) is 13.5. The van der Waals surface area contributed by atoms with Crippen LogP contribution in [0.4, 0.5) is 0 Å². The van der Waals surface area contributed by atoms with Crippen molar-refractivity contribution in [2.24, 2.45) is 0 Å². The molecular weight excluding hydrogens is 356 g/mol. The smallest absolute Gasteiger partial charge is 0.181 e. The summed E-state index contributed by atoms with van der Waals surface area (Å²) < 4.78 is 6.85. The van der Waals surface area contributed by atoms with Gasteiger partial charge in [0, 0.05) is 17.7 Å². The molecule has 0 saturated heterocycles. The maximum atomic E-state index is 9.94. The molecule has 28 heavy (non-hydrogen) atoms. The van der Waals surface area contributed by atoms with Gasteiger partial charge in [0.05, 0.1) is 26.4 Å². The largest absolute Gasteiger partial charge is 0.497 e. The number of nitrogens with zero attached hydrogens (tertiary/aromatic N) is 4. The number of aliphatic hydroxyl groups excluding tert-OH is 2. The summed E-state index contributed by atoms with van der Waals surface area (Å²) in [6, 6.07) is 15.6. The zero-order valence-corrected chi connectivity index (χ0v) is 16.4. The van der Waals surface area contributed by atoms with E-state index >= 15 is 0 Å².